The van der Waals surface area contributed by atoms with E-state index >= 15 is 0 Å². The third kappa shape index (κ3) is 3.70. The number of hydrogen-bond donors (Lipinski definition) is 1. The topological polar surface area (TPSA) is 57.6 Å². The number of piperidine rings is 1. The Labute approximate surface area is 117 Å². The molecule has 0 bridgehead atoms. The van der Waals surface area contributed by atoms with Crippen LogP contribution in [0.1, 0.15) is 18.4 Å². The summed E-state index contributed by atoms with van der Waals surface area (Å²) in [5.41, 5.74) is 0.926. The molecule has 1 heterocycles. The third-order valence-electron chi connectivity index (χ3n) is 3.47. The maximum atomic E-state index is 12.1. The van der Waals surface area contributed by atoms with E-state index in [0.717, 1.165) is 5.56 Å². The van der Waals surface area contributed by atoms with Gasteiger partial charge in [0.2, 0.25) is 5.91 Å². The van der Waals surface area contributed by atoms with Crippen LogP contribution < -0.4 is 0 Å². The smallest absolute Gasteiger partial charge is 0.306 e. The van der Waals surface area contributed by atoms with Gasteiger partial charge >= 0.3 is 5.97 Å². The molecule has 1 aliphatic rings. The number of hydrogen-bond acceptors (Lipinski definition) is 2. The molecule has 1 N–H and O–H groups in total. The highest BCUT2D eigenvalue weighted by atomic mass is 35.5. The molecule has 1 aliphatic heterocycles. The molecular formula is C14H16ClNO3. The third-order valence-corrected chi connectivity index (χ3v) is 3.72. The zero-order valence-corrected chi connectivity index (χ0v) is 11.3. The number of carbonyl (C=O) groups is 2. The molecule has 0 spiro atoms. The molecule has 2 rings (SSSR count). The monoisotopic (exact) mass is 281 g/mol. The van der Waals surface area contributed by atoms with Crippen molar-refractivity contribution < 1.29 is 14.7 Å². The molecule has 0 aromatic heterocycles. The SMILES string of the molecule is O=C(O)C1CCN(C(=O)Cc2ccc(Cl)cc2)CC1. The minimum Gasteiger partial charge on any atom is -0.481 e. The van der Waals surface area contributed by atoms with Gasteiger partial charge in [0.1, 0.15) is 0 Å². The van der Waals surface area contributed by atoms with Gasteiger partial charge in [-0.3, -0.25) is 9.59 Å². The summed E-state index contributed by atoms with van der Waals surface area (Å²) >= 11 is 5.79. The Morgan fingerprint density at radius 3 is 2.32 bits per heavy atom. The van der Waals surface area contributed by atoms with Crippen molar-refractivity contribution in [2.24, 2.45) is 5.92 Å². The Kier molecular flexibility index (Phi) is 4.43. The predicted octanol–water partition coefficient (Wildman–Crippen LogP) is 2.21. The molecule has 1 saturated heterocycles. The van der Waals surface area contributed by atoms with Crippen molar-refractivity contribution in [2.45, 2.75) is 19.3 Å². The van der Waals surface area contributed by atoms with Gasteiger partial charge in [-0.2, -0.15) is 0 Å². The predicted molar refractivity (Wildman–Crippen MR) is 72.1 cm³/mol. The molecule has 102 valence electrons. The summed E-state index contributed by atoms with van der Waals surface area (Å²) in [6.45, 7) is 1.06. The van der Waals surface area contributed by atoms with E-state index in [-0.39, 0.29) is 11.8 Å². The van der Waals surface area contributed by atoms with Crippen LogP contribution in [0.25, 0.3) is 0 Å². The van der Waals surface area contributed by atoms with Gasteiger partial charge < -0.3 is 10.0 Å². The Balaban J connectivity index is 1.88. The standard InChI is InChI=1S/C14H16ClNO3/c15-12-3-1-10(2-4-12)9-13(17)16-7-5-11(6-8-16)14(18)19/h1-4,11H,5-9H2,(H,18,19). The van der Waals surface area contributed by atoms with Crippen molar-refractivity contribution in [1.82, 2.24) is 4.90 Å². The molecule has 0 atom stereocenters. The quantitative estimate of drug-likeness (QED) is 0.924. The number of carboxylic acid groups (broad SMARTS) is 1. The molecule has 1 aromatic rings. The first-order valence-corrected chi connectivity index (χ1v) is 6.69. The zero-order chi connectivity index (χ0) is 13.8. The van der Waals surface area contributed by atoms with E-state index < -0.39 is 5.97 Å². The number of carboxylic acids is 1. The summed E-state index contributed by atoms with van der Waals surface area (Å²) in [5.74, 6) is -1.02. The van der Waals surface area contributed by atoms with Crippen LogP contribution in [0.4, 0.5) is 0 Å². The van der Waals surface area contributed by atoms with E-state index in [1.807, 2.05) is 12.1 Å². The Bertz CT molecular complexity index is 464. The molecule has 0 aliphatic carbocycles. The van der Waals surface area contributed by atoms with Gasteiger partial charge in [-0.25, -0.2) is 0 Å². The van der Waals surface area contributed by atoms with E-state index in [2.05, 4.69) is 0 Å². The Morgan fingerprint density at radius 1 is 1.21 bits per heavy atom. The van der Waals surface area contributed by atoms with Crippen molar-refractivity contribution >= 4 is 23.5 Å². The number of rotatable bonds is 3. The number of halogens is 1. The van der Waals surface area contributed by atoms with Crippen molar-refractivity contribution in [3.63, 3.8) is 0 Å². The summed E-state index contributed by atoms with van der Waals surface area (Å²) < 4.78 is 0. The number of carbonyl (C=O) groups excluding carboxylic acids is 1. The largest absolute Gasteiger partial charge is 0.481 e. The minimum atomic E-state index is -0.759. The fraction of sp³-hybridized carbons (Fsp3) is 0.429. The van der Waals surface area contributed by atoms with E-state index in [9.17, 15) is 9.59 Å². The summed E-state index contributed by atoms with van der Waals surface area (Å²) in [4.78, 5) is 24.7. The molecule has 1 aromatic carbocycles. The van der Waals surface area contributed by atoms with Gasteiger partial charge in [-0.1, -0.05) is 23.7 Å². The molecule has 19 heavy (non-hydrogen) atoms. The second-order valence-corrected chi connectivity index (χ2v) is 5.23. The first kappa shape index (κ1) is 13.9. The number of benzene rings is 1. The number of likely N-dealkylation sites (tertiary alicyclic amines) is 1. The zero-order valence-electron chi connectivity index (χ0n) is 10.5. The van der Waals surface area contributed by atoms with Gasteiger partial charge in [-0.05, 0) is 30.5 Å². The summed E-state index contributed by atoms with van der Waals surface area (Å²) in [7, 11) is 0. The van der Waals surface area contributed by atoms with Crippen molar-refractivity contribution in [3.05, 3.63) is 34.9 Å². The lowest BCUT2D eigenvalue weighted by atomic mass is 9.96. The highest BCUT2D eigenvalue weighted by molar-refractivity contribution is 6.30. The average Bonchev–Trinajstić information content (AvgIpc) is 2.41. The first-order chi connectivity index (χ1) is 9.06. The summed E-state index contributed by atoms with van der Waals surface area (Å²) in [6, 6.07) is 7.20. The van der Waals surface area contributed by atoms with Gasteiger partial charge in [0.15, 0.2) is 0 Å². The maximum absolute atomic E-state index is 12.1. The molecule has 5 heteroatoms. The lowest BCUT2D eigenvalue weighted by Crippen LogP contribution is -2.40. The molecule has 4 nitrogen and oxygen atoms in total. The Hall–Kier alpha value is -1.55. The molecule has 0 saturated carbocycles. The van der Waals surface area contributed by atoms with Crippen LogP contribution in [0.15, 0.2) is 24.3 Å². The molecule has 0 radical (unpaired) electrons. The van der Waals surface area contributed by atoms with Crippen molar-refractivity contribution in [3.8, 4) is 0 Å². The van der Waals surface area contributed by atoms with Crippen LogP contribution >= 0.6 is 11.6 Å². The maximum Gasteiger partial charge on any atom is 0.306 e. The van der Waals surface area contributed by atoms with Crippen LogP contribution in [0, 0.1) is 5.92 Å². The minimum absolute atomic E-state index is 0.0474. The fourth-order valence-corrected chi connectivity index (χ4v) is 2.39. The van der Waals surface area contributed by atoms with E-state index in [1.165, 1.54) is 0 Å². The van der Waals surface area contributed by atoms with E-state index in [4.69, 9.17) is 16.7 Å². The number of amides is 1. The fourth-order valence-electron chi connectivity index (χ4n) is 2.26. The van der Waals surface area contributed by atoms with Crippen molar-refractivity contribution in [2.75, 3.05) is 13.1 Å². The van der Waals surface area contributed by atoms with Gasteiger partial charge in [0.05, 0.1) is 12.3 Å². The first-order valence-electron chi connectivity index (χ1n) is 6.31. The van der Waals surface area contributed by atoms with Gasteiger partial charge in [-0.15, -0.1) is 0 Å². The molecule has 0 unspecified atom stereocenters. The van der Waals surface area contributed by atoms with Crippen LogP contribution in [0.3, 0.4) is 0 Å². The van der Waals surface area contributed by atoms with E-state index in [1.54, 1.807) is 17.0 Å². The summed E-state index contributed by atoms with van der Waals surface area (Å²) in [5, 5.41) is 9.56. The second kappa shape index (κ2) is 6.06. The number of aliphatic carboxylic acids is 1. The van der Waals surface area contributed by atoms with Gasteiger partial charge in [0, 0.05) is 18.1 Å². The highest BCUT2D eigenvalue weighted by Crippen LogP contribution is 2.18. The van der Waals surface area contributed by atoms with Crippen LogP contribution in [-0.2, 0) is 16.0 Å². The van der Waals surface area contributed by atoms with Crippen LogP contribution in [0.2, 0.25) is 5.02 Å². The molecule has 1 fully saturated rings. The second-order valence-electron chi connectivity index (χ2n) is 4.80. The van der Waals surface area contributed by atoms with Gasteiger partial charge in [0.25, 0.3) is 0 Å². The van der Waals surface area contributed by atoms with Crippen LogP contribution in [-0.4, -0.2) is 35.0 Å². The molecule has 1 amide bonds. The lowest BCUT2D eigenvalue weighted by Gasteiger charge is -2.30. The van der Waals surface area contributed by atoms with E-state index in [0.29, 0.717) is 37.4 Å². The average molecular weight is 282 g/mol. The highest BCUT2D eigenvalue weighted by Gasteiger charge is 2.26. The Morgan fingerprint density at radius 2 is 1.79 bits per heavy atom. The molecular weight excluding hydrogens is 266 g/mol. The normalized spacial score (nSPS) is 16.4. The van der Waals surface area contributed by atoms with Crippen LogP contribution in [0.5, 0.6) is 0 Å². The van der Waals surface area contributed by atoms with Crippen molar-refractivity contribution in [1.29, 1.82) is 0 Å². The summed E-state index contributed by atoms with van der Waals surface area (Å²) in [6.07, 6.45) is 1.43. The lowest BCUT2D eigenvalue weighted by molar-refractivity contribution is -0.145. The number of nitrogens with zero attached hydrogens (tertiary/aromatic N) is 1.